The Hall–Kier alpha value is -1.02. The lowest BCUT2D eigenvalue weighted by Gasteiger charge is -2.04. The number of nitrogens with two attached hydrogens (primary N) is 1. The molecule has 0 spiro atoms. The van der Waals surface area contributed by atoms with Crippen molar-refractivity contribution in [2.45, 2.75) is 32.6 Å². The summed E-state index contributed by atoms with van der Waals surface area (Å²) < 4.78 is 0. The molecule has 15 heavy (non-hydrogen) atoms. The minimum absolute atomic E-state index is 0.105. The normalized spacial score (nSPS) is 10.3. The highest BCUT2D eigenvalue weighted by molar-refractivity contribution is 6.34. The molecule has 1 aromatic carbocycles. The van der Waals surface area contributed by atoms with Gasteiger partial charge in [-0.15, -0.1) is 0 Å². The van der Waals surface area contributed by atoms with E-state index in [0.29, 0.717) is 22.7 Å². The van der Waals surface area contributed by atoms with Crippen molar-refractivity contribution in [3.63, 3.8) is 0 Å². The van der Waals surface area contributed by atoms with Crippen LogP contribution in [0.5, 0.6) is 0 Å². The van der Waals surface area contributed by atoms with Crippen molar-refractivity contribution in [3.8, 4) is 0 Å². The van der Waals surface area contributed by atoms with Gasteiger partial charge in [0.05, 0.1) is 5.02 Å². The smallest absolute Gasteiger partial charge is 0.164 e. The first-order valence-electron chi connectivity index (χ1n) is 5.23. The highest BCUT2D eigenvalue weighted by Gasteiger charge is 2.09. The Labute approximate surface area is 95.4 Å². The number of unbranched alkanes of at least 4 members (excludes halogenated alkanes) is 2. The van der Waals surface area contributed by atoms with Crippen LogP contribution in [0.3, 0.4) is 0 Å². The van der Waals surface area contributed by atoms with Gasteiger partial charge in [0, 0.05) is 17.7 Å². The van der Waals surface area contributed by atoms with Gasteiger partial charge in [-0.3, -0.25) is 4.79 Å². The van der Waals surface area contributed by atoms with Crippen LogP contribution in [-0.4, -0.2) is 5.78 Å². The van der Waals surface area contributed by atoms with Crippen molar-refractivity contribution in [1.82, 2.24) is 0 Å². The van der Waals surface area contributed by atoms with Gasteiger partial charge in [0.15, 0.2) is 5.78 Å². The van der Waals surface area contributed by atoms with Crippen LogP contribution in [-0.2, 0) is 0 Å². The minimum atomic E-state index is 0.105. The van der Waals surface area contributed by atoms with E-state index in [-0.39, 0.29) is 5.78 Å². The predicted molar refractivity (Wildman–Crippen MR) is 64.3 cm³/mol. The van der Waals surface area contributed by atoms with E-state index in [1.165, 1.54) is 0 Å². The van der Waals surface area contributed by atoms with Gasteiger partial charge < -0.3 is 5.73 Å². The molecule has 0 saturated heterocycles. The Morgan fingerprint density at radius 2 is 2.13 bits per heavy atom. The minimum Gasteiger partial charge on any atom is -0.399 e. The molecule has 0 bridgehead atoms. The van der Waals surface area contributed by atoms with Gasteiger partial charge in [0.2, 0.25) is 0 Å². The standard InChI is InChI=1S/C12H16ClNO/c1-2-3-4-5-12(15)10-7-6-9(14)8-11(10)13/h6-8H,2-5,14H2,1H3. The number of anilines is 1. The third-order valence-corrected chi connectivity index (χ3v) is 2.61. The van der Waals surface area contributed by atoms with Gasteiger partial charge in [0.25, 0.3) is 0 Å². The van der Waals surface area contributed by atoms with Crippen LogP contribution in [0.15, 0.2) is 18.2 Å². The molecule has 1 rings (SSSR count). The highest BCUT2D eigenvalue weighted by Crippen LogP contribution is 2.21. The van der Waals surface area contributed by atoms with Crippen molar-refractivity contribution in [2.75, 3.05) is 5.73 Å². The summed E-state index contributed by atoms with van der Waals surface area (Å²) in [6.07, 6.45) is 3.69. The lowest BCUT2D eigenvalue weighted by Crippen LogP contribution is -2.00. The molecule has 2 N–H and O–H groups in total. The van der Waals surface area contributed by atoms with E-state index in [9.17, 15) is 4.79 Å². The van der Waals surface area contributed by atoms with Crippen LogP contribution in [0, 0.1) is 0 Å². The highest BCUT2D eigenvalue weighted by atomic mass is 35.5. The number of Topliss-reactive ketones (excluding diaryl/α,β-unsaturated/α-hetero) is 1. The molecule has 0 amide bonds. The second kappa shape index (κ2) is 5.76. The maximum absolute atomic E-state index is 11.7. The van der Waals surface area contributed by atoms with Crippen molar-refractivity contribution in [3.05, 3.63) is 28.8 Å². The molecule has 0 aromatic heterocycles. The number of halogens is 1. The van der Waals surface area contributed by atoms with Crippen molar-refractivity contribution >= 4 is 23.1 Å². The van der Waals surface area contributed by atoms with Crippen LogP contribution in [0.4, 0.5) is 5.69 Å². The third kappa shape index (κ3) is 3.56. The first kappa shape index (κ1) is 12.1. The Balaban J connectivity index is 2.65. The third-order valence-electron chi connectivity index (χ3n) is 2.30. The van der Waals surface area contributed by atoms with Crippen molar-refractivity contribution < 1.29 is 4.79 Å². The Bertz CT molecular complexity index is 349. The van der Waals surface area contributed by atoms with Crippen molar-refractivity contribution in [1.29, 1.82) is 0 Å². The molecule has 0 radical (unpaired) electrons. The topological polar surface area (TPSA) is 43.1 Å². The van der Waals surface area contributed by atoms with Crippen LogP contribution in [0.2, 0.25) is 5.02 Å². The van der Waals surface area contributed by atoms with E-state index >= 15 is 0 Å². The summed E-state index contributed by atoms with van der Waals surface area (Å²) in [5.41, 5.74) is 6.73. The lowest BCUT2D eigenvalue weighted by atomic mass is 10.0. The number of hydrogen-bond donors (Lipinski definition) is 1. The Kier molecular flexibility index (Phi) is 4.63. The van der Waals surface area contributed by atoms with Gasteiger partial charge in [0.1, 0.15) is 0 Å². The fourth-order valence-electron chi connectivity index (χ4n) is 1.43. The molecule has 1 aromatic rings. The second-order valence-electron chi connectivity index (χ2n) is 3.62. The first-order chi connectivity index (χ1) is 7.15. The van der Waals surface area contributed by atoms with Gasteiger partial charge in [-0.1, -0.05) is 31.4 Å². The quantitative estimate of drug-likeness (QED) is 0.472. The molecular weight excluding hydrogens is 210 g/mol. The molecule has 0 fully saturated rings. The van der Waals surface area contributed by atoms with Gasteiger partial charge in [-0.2, -0.15) is 0 Å². The number of carbonyl (C=O) groups excluding carboxylic acids is 1. The maximum atomic E-state index is 11.7. The Morgan fingerprint density at radius 3 is 2.73 bits per heavy atom. The van der Waals surface area contributed by atoms with Crippen LogP contribution in [0.1, 0.15) is 43.0 Å². The summed E-state index contributed by atoms with van der Waals surface area (Å²) in [6, 6.07) is 5.03. The van der Waals surface area contributed by atoms with E-state index in [1.807, 2.05) is 0 Å². The molecule has 2 nitrogen and oxygen atoms in total. The zero-order chi connectivity index (χ0) is 11.3. The molecule has 0 aliphatic rings. The lowest BCUT2D eigenvalue weighted by molar-refractivity contribution is 0.0979. The van der Waals surface area contributed by atoms with Gasteiger partial charge >= 0.3 is 0 Å². The summed E-state index contributed by atoms with van der Waals surface area (Å²) in [6.45, 7) is 2.11. The van der Waals surface area contributed by atoms with E-state index in [2.05, 4.69) is 6.92 Å². The molecule has 0 saturated carbocycles. The molecule has 0 aliphatic heterocycles. The molecule has 0 heterocycles. The number of carbonyl (C=O) groups is 1. The number of nitrogen functional groups attached to an aromatic ring is 1. The summed E-state index contributed by atoms with van der Waals surface area (Å²) in [4.78, 5) is 11.7. The predicted octanol–water partition coefficient (Wildman–Crippen LogP) is 3.69. The number of hydrogen-bond acceptors (Lipinski definition) is 2. The summed E-state index contributed by atoms with van der Waals surface area (Å²) >= 11 is 5.94. The largest absolute Gasteiger partial charge is 0.399 e. The molecule has 82 valence electrons. The fourth-order valence-corrected chi connectivity index (χ4v) is 1.72. The van der Waals surface area contributed by atoms with E-state index in [4.69, 9.17) is 17.3 Å². The fraction of sp³-hybridized carbons (Fsp3) is 0.417. The SMILES string of the molecule is CCCCCC(=O)c1ccc(N)cc1Cl. The second-order valence-corrected chi connectivity index (χ2v) is 4.03. The maximum Gasteiger partial charge on any atom is 0.164 e. The van der Waals surface area contributed by atoms with Crippen LogP contribution < -0.4 is 5.73 Å². The summed E-state index contributed by atoms with van der Waals surface area (Å²) in [5.74, 6) is 0.105. The molecule has 3 heteroatoms. The monoisotopic (exact) mass is 225 g/mol. The average molecular weight is 226 g/mol. The first-order valence-corrected chi connectivity index (χ1v) is 5.61. The van der Waals surface area contributed by atoms with E-state index in [0.717, 1.165) is 19.3 Å². The van der Waals surface area contributed by atoms with Gasteiger partial charge in [-0.25, -0.2) is 0 Å². The average Bonchev–Trinajstić information content (AvgIpc) is 2.17. The summed E-state index contributed by atoms with van der Waals surface area (Å²) in [7, 11) is 0. The number of ketones is 1. The van der Waals surface area contributed by atoms with Gasteiger partial charge in [-0.05, 0) is 24.6 Å². The Morgan fingerprint density at radius 1 is 1.40 bits per heavy atom. The zero-order valence-corrected chi connectivity index (χ0v) is 9.68. The number of benzene rings is 1. The molecule has 0 aliphatic carbocycles. The van der Waals surface area contributed by atoms with E-state index in [1.54, 1.807) is 18.2 Å². The van der Waals surface area contributed by atoms with Crippen LogP contribution >= 0.6 is 11.6 Å². The molecule has 0 unspecified atom stereocenters. The number of rotatable bonds is 5. The molecular formula is C12H16ClNO. The molecule has 0 atom stereocenters. The van der Waals surface area contributed by atoms with E-state index < -0.39 is 0 Å². The zero-order valence-electron chi connectivity index (χ0n) is 8.92. The van der Waals surface area contributed by atoms with Crippen LogP contribution in [0.25, 0.3) is 0 Å². The summed E-state index contributed by atoms with van der Waals surface area (Å²) in [5, 5.41) is 0.455. The van der Waals surface area contributed by atoms with Crippen molar-refractivity contribution in [2.24, 2.45) is 0 Å².